The molecule has 1 aliphatic heterocycles. The zero-order valence-electron chi connectivity index (χ0n) is 14.2. The Bertz CT molecular complexity index is 781. The fourth-order valence-corrected chi connectivity index (χ4v) is 3.73. The van der Waals surface area contributed by atoms with E-state index in [4.69, 9.17) is 4.42 Å². The molecule has 0 aliphatic carbocycles. The van der Waals surface area contributed by atoms with Gasteiger partial charge in [0.25, 0.3) is 5.89 Å². The Morgan fingerprint density at radius 2 is 2.00 bits per heavy atom. The van der Waals surface area contributed by atoms with Crippen LogP contribution in [0.15, 0.2) is 46.3 Å². The molecule has 4 rings (SSSR count). The summed E-state index contributed by atoms with van der Waals surface area (Å²) in [6.07, 6.45) is 1.86. The first-order valence-corrected chi connectivity index (χ1v) is 9.41. The molecule has 1 aliphatic rings. The van der Waals surface area contributed by atoms with Gasteiger partial charge in [-0.2, -0.15) is 0 Å². The van der Waals surface area contributed by atoms with Crippen LogP contribution in [0.2, 0.25) is 0 Å². The average molecular weight is 355 g/mol. The van der Waals surface area contributed by atoms with E-state index in [0.29, 0.717) is 11.8 Å². The molecule has 3 aromatic heterocycles. The lowest BCUT2D eigenvalue weighted by atomic mass is 10.2. The Morgan fingerprint density at radius 3 is 2.72 bits per heavy atom. The first-order valence-electron chi connectivity index (χ1n) is 8.53. The minimum atomic E-state index is 0.137. The third-order valence-corrected chi connectivity index (χ3v) is 5.45. The maximum atomic E-state index is 5.89. The molecule has 0 N–H and O–H groups in total. The van der Waals surface area contributed by atoms with Gasteiger partial charge in [-0.25, -0.2) is 0 Å². The van der Waals surface area contributed by atoms with Gasteiger partial charge in [0.1, 0.15) is 0 Å². The fraction of sp³-hybridized carbons (Fsp3) is 0.389. The smallest absolute Gasteiger partial charge is 0.257 e. The van der Waals surface area contributed by atoms with Gasteiger partial charge in [0.2, 0.25) is 5.89 Å². The topological polar surface area (TPSA) is 58.3 Å². The zero-order valence-corrected chi connectivity index (χ0v) is 15.0. The summed E-state index contributed by atoms with van der Waals surface area (Å²) >= 11 is 1.62. The summed E-state index contributed by atoms with van der Waals surface area (Å²) in [6, 6.07) is 10.2. The molecule has 6 nitrogen and oxygen atoms in total. The van der Waals surface area contributed by atoms with Gasteiger partial charge < -0.3 is 4.42 Å². The second-order valence-electron chi connectivity index (χ2n) is 6.23. The van der Waals surface area contributed by atoms with E-state index < -0.39 is 0 Å². The molecule has 130 valence electrons. The predicted molar refractivity (Wildman–Crippen MR) is 97.1 cm³/mol. The van der Waals surface area contributed by atoms with E-state index in [2.05, 4.69) is 38.0 Å². The van der Waals surface area contributed by atoms with Crippen LogP contribution in [-0.4, -0.2) is 51.2 Å². The lowest BCUT2D eigenvalue weighted by Crippen LogP contribution is -2.46. The van der Waals surface area contributed by atoms with Gasteiger partial charge >= 0.3 is 0 Å². The van der Waals surface area contributed by atoms with Gasteiger partial charge in [0, 0.05) is 38.9 Å². The molecule has 0 amide bonds. The zero-order chi connectivity index (χ0) is 17.1. The van der Waals surface area contributed by atoms with Crippen LogP contribution in [0.25, 0.3) is 10.8 Å². The summed E-state index contributed by atoms with van der Waals surface area (Å²) in [5, 5.41) is 10.5. The van der Waals surface area contributed by atoms with Gasteiger partial charge in [0.15, 0.2) is 0 Å². The number of nitrogens with zero attached hydrogens (tertiary/aromatic N) is 5. The highest BCUT2D eigenvalue weighted by Gasteiger charge is 2.26. The Kier molecular flexibility index (Phi) is 4.87. The largest absolute Gasteiger partial charge is 0.418 e. The monoisotopic (exact) mass is 355 g/mol. The van der Waals surface area contributed by atoms with E-state index in [1.54, 1.807) is 11.3 Å². The van der Waals surface area contributed by atoms with E-state index in [1.165, 1.54) is 0 Å². The van der Waals surface area contributed by atoms with Crippen LogP contribution in [0.1, 0.15) is 24.6 Å². The van der Waals surface area contributed by atoms with Crippen LogP contribution in [0.4, 0.5) is 0 Å². The highest BCUT2D eigenvalue weighted by Crippen LogP contribution is 2.27. The summed E-state index contributed by atoms with van der Waals surface area (Å²) in [6.45, 7) is 7.07. The predicted octanol–water partition coefficient (Wildman–Crippen LogP) is 3.07. The first-order chi connectivity index (χ1) is 12.3. The molecular weight excluding hydrogens is 334 g/mol. The number of hydrogen-bond acceptors (Lipinski definition) is 7. The summed E-state index contributed by atoms with van der Waals surface area (Å²) < 4.78 is 5.89. The van der Waals surface area contributed by atoms with Crippen molar-refractivity contribution in [3.8, 4) is 10.8 Å². The van der Waals surface area contributed by atoms with Crippen LogP contribution in [0, 0.1) is 0 Å². The van der Waals surface area contributed by atoms with Crippen LogP contribution >= 0.6 is 11.3 Å². The molecular formula is C18H21N5OS. The summed E-state index contributed by atoms with van der Waals surface area (Å²) in [5.74, 6) is 1.31. The van der Waals surface area contributed by atoms with Gasteiger partial charge in [0.05, 0.1) is 16.6 Å². The van der Waals surface area contributed by atoms with Crippen LogP contribution in [0.3, 0.4) is 0 Å². The molecule has 0 aromatic carbocycles. The third-order valence-electron chi connectivity index (χ3n) is 4.60. The number of hydrogen-bond donors (Lipinski definition) is 0. The number of piperazine rings is 1. The summed E-state index contributed by atoms with van der Waals surface area (Å²) in [4.78, 5) is 10.3. The van der Waals surface area contributed by atoms with Crippen molar-refractivity contribution in [2.75, 3.05) is 26.2 Å². The average Bonchev–Trinajstić information content (AvgIpc) is 3.34. The second-order valence-corrected chi connectivity index (χ2v) is 7.18. The highest BCUT2D eigenvalue weighted by atomic mass is 32.1. The highest BCUT2D eigenvalue weighted by molar-refractivity contribution is 7.13. The van der Waals surface area contributed by atoms with Gasteiger partial charge in [-0.1, -0.05) is 12.1 Å². The lowest BCUT2D eigenvalue weighted by molar-refractivity contribution is 0.0869. The van der Waals surface area contributed by atoms with Gasteiger partial charge in [-0.05, 0) is 30.5 Å². The number of thiophene rings is 1. The Hall–Kier alpha value is -2.09. The summed E-state index contributed by atoms with van der Waals surface area (Å²) in [7, 11) is 0. The van der Waals surface area contributed by atoms with E-state index in [0.717, 1.165) is 43.3 Å². The van der Waals surface area contributed by atoms with Crippen molar-refractivity contribution >= 4 is 11.3 Å². The van der Waals surface area contributed by atoms with Crippen molar-refractivity contribution in [3.63, 3.8) is 0 Å². The molecule has 4 heterocycles. The Morgan fingerprint density at radius 1 is 1.12 bits per heavy atom. The number of rotatable bonds is 5. The number of pyridine rings is 1. The summed E-state index contributed by atoms with van der Waals surface area (Å²) in [5.41, 5.74) is 1.13. The maximum absolute atomic E-state index is 5.89. The van der Waals surface area contributed by atoms with Crippen LogP contribution in [0.5, 0.6) is 0 Å². The van der Waals surface area contributed by atoms with E-state index in [-0.39, 0.29) is 6.04 Å². The number of aromatic nitrogens is 3. The molecule has 3 aromatic rings. The SMILES string of the molecule is CC(c1nnc(-c2cccs2)o1)N1CCN(Cc2ccccn2)CC1. The van der Waals surface area contributed by atoms with Gasteiger partial charge in [-0.3, -0.25) is 14.8 Å². The van der Waals surface area contributed by atoms with E-state index in [1.807, 2.05) is 35.8 Å². The molecule has 0 saturated carbocycles. The molecule has 0 spiro atoms. The quantitative estimate of drug-likeness (QED) is 0.701. The molecule has 0 bridgehead atoms. The normalized spacial score (nSPS) is 17.6. The third kappa shape index (κ3) is 3.78. The lowest BCUT2D eigenvalue weighted by Gasteiger charge is -2.36. The first kappa shape index (κ1) is 16.4. The minimum Gasteiger partial charge on any atom is -0.418 e. The van der Waals surface area contributed by atoms with Crippen LogP contribution in [-0.2, 0) is 6.54 Å². The molecule has 25 heavy (non-hydrogen) atoms. The van der Waals surface area contributed by atoms with Crippen molar-refractivity contribution in [3.05, 3.63) is 53.5 Å². The van der Waals surface area contributed by atoms with Crippen molar-refractivity contribution in [2.24, 2.45) is 0 Å². The minimum absolute atomic E-state index is 0.137. The Balaban J connectivity index is 1.34. The fourth-order valence-electron chi connectivity index (χ4n) is 3.09. The van der Waals surface area contributed by atoms with Gasteiger partial charge in [-0.15, -0.1) is 21.5 Å². The van der Waals surface area contributed by atoms with Crippen LogP contribution < -0.4 is 0 Å². The van der Waals surface area contributed by atoms with Crippen molar-refractivity contribution in [1.82, 2.24) is 25.0 Å². The molecule has 1 unspecified atom stereocenters. The molecule has 0 radical (unpaired) electrons. The Labute approximate surface area is 151 Å². The van der Waals surface area contributed by atoms with E-state index >= 15 is 0 Å². The second kappa shape index (κ2) is 7.43. The standard InChI is InChI=1S/C18H21N5OS/c1-14(17-20-21-18(24-17)16-6-4-12-25-16)23-10-8-22(9-11-23)13-15-5-2-3-7-19-15/h2-7,12,14H,8-11,13H2,1H3. The van der Waals surface area contributed by atoms with Crippen molar-refractivity contribution in [1.29, 1.82) is 0 Å². The van der Waals surface area contributed by atoms with Crippen molar-refractivity contribution in [2.45, 2.75) is 19.5 Å². The molecule has 1 atom stereocenters. The van der Waals surface area contributed by atoms with Crippen molar-refractivity contribution < 1.29 is 4.42 Å². The van der Waals surface area contributed by atoms with E-state index in [9.17, 15) is 0 Å². The molecule has 7 heteroatoms. The molecule has 1 fully saturated rings. The maximum Gasteiger partial charge on any atom is 0.257 e. The molecule has 1 saturated heterocycles.